The highest BCUT2D eigenvalue weighted by Gasteiger charge is 2.23. The van der Waals surface area contributed by atoms with Gasteiger partial charge in [-0.25, -0.2) is 9.97 Å². The maximum absolute atomic E-state index is 12.6. The molecule has 0 atom stereocenters. The second-order valence-electron chi connectivity index (χ2n) is 5.48. The number of amides is 1. The third kappa shape index (κ3) is 2.59. The lowest BCUT2D eigenvalue weighted by Gasteiger charge is -2.28. The van der Waals surface area contributed by atoms with Crippen LogP contribution in [0.3, 0.4) is 0 Å². The molecule has 5 heteroatoms. The molecule has 0 saturated heterocycles. The van der Waals surface area contributed by atoms with Gasteiger partial charge in [0.25, 0.3) is 5.91 Å². The minimum atomic E-state index is 0.0425. The molecule has 2 heterocycles. The summed E-state index contributed by atoms with van der Waals surface area (Å²) in [7, 11) is 0. The zero-order valence-corrected chi connectivity index (χ0v) is 12.3. The van der Waals surface area contributed by atoms with Crippen molar-refractivity contribution >= 4 is 11.9 Å². The van der Waals surface area contributed by atoms with Gasteiger partial charge in [-0.15, -0.1) is 0 Å². The van der Waals surface area contributed by atoms with Crippen LogP contribution in [0.5, 0.6) is 0 Å². The standard InChI is InChI=1S/C16H18N4O/c1-10-3-4-12(7-11(10)2)15(21)20-6-5-13-8-18-16(17)19-14(13)9-20/h3-4,7-8H,5-6,9H2,1-2H3,(H2,17,18,19). The van der Waals surface area contributed by atoms with Crippen molar-refractivity contribution in [1.29, 1.82) is 0 Å². The number of aryl methyl sites for hydroxylation is 2. The van der Waals surface area contributed by atoms with Gasteiger partial charge >= 0.3 is 0 Å². The molecular weight excluding hydrogens is 264 g/mol. The van der Waals surface area contributed by atoms with Crippen molar-refractivity contribution in [2.75, 3.05) is 12.3 Å². The molecular formula is C16H18N4O. The number of rotatable bonds is 1. The predicted octanol–water partition coefficient (Wildman–Crippen LogP) is 1.87. The number of fused-ring (bicyclic) bond motifs is 1. The van der Waals surface area contributed by atoms with Gasteiger partial charge in [-0.3, -0.25) is 4.79 Å². The summed E-state index contributed by atoms with van der Waals surface area (Å²) >= 11 is 0. The molecule has 0 radical (unpaired) electrons. The van der Waals surface area contributed by atoms with Crippen LogP contribution in [0.1, 0.15) is 32.7 Å². The van der Waals surface area contributed by atoms with Gasteiger partial charge in [0.1, 0.15) is 0 Å². The fourth-order valence-corrected chi connectivity index (χ4v) is 2.55. The van der Waals surface area contributed by atoms with E-state index in [1.165, 1.54) is 5.56 Å². The second-order valence-corrected chi connectivity index (χ2v) is 5.48. The van der Waals surface area contributed by atoms with Crippen molar-refractivity contribution < 1.29 is 4.79 Å². The lowest BCUT2D eigenvalue weighted by molar-refractivity contribution is 0.0731. The molecule has 108 valence electrons. The Balaban J connectivity index is 1.85. The van der Waals surface area contributed by atoms with E-state index in [0.29, 0.717) is 13.1 Å². The first-order chi connectivity index (χ1) is 10.0. The Hall–Kier alpha value is -2.43. The van der Waals surface area contributed by atoms with Gasteiger partial charge in [-0.05, 0) is 49.1 Å². The van der Waals surface area contributed by atoms with Crippen molar-refractivity contribution in [2.24, 2.45) is 0 Å². The molecule has 0 unspecified atom stereocenters. The third-order valence-corrected chi connectivity index (χ3v) is 4.01. The number of benzene rings is 1. The van der Waals surface area contributed by atoms with Crippen LogP contribution in [0.2, 0.25) is 0 Å². The molecule has 3 rings (SSSR count). The fourth-order valence-electron chi connectivity index (χ4n) is 2.55. The molecule has 1 aromatic carbocycles. The molecule has 0 bridgehead atoms. The normalized spacial score (nSPS) is 13.9. The Labute approximate surface area is 123 Å². The number of carbonyl (C=O) groups excluding carboxylic acids is 1. The van der Waals surface area contributed by atoms with E-state index in [4.69, 9.17) is 5.73 Å². The summed E-state index contributed by atoms with van der Waals surface area (Å²) < 4.78 is 0. The Kier molecular flexibility index (Phi) is 3.33. The van der Waals surface area contributed by atoms with E-state index in [1.54, 1.807) is 6.20 Å². The van der Waals surface area contributed by atoms with E-state index >= 15 is 0 Å². The first kappa shape index (κ1) is 13.5. The zero-order valence-electron chi connectivity index (χ0n) is 12.3. The molecule has 0 fully saturated rings. The van der Waals surface area contributed by atoms with Crippen LogP contribution in [-0.4, -0.2) is 27.3 Å². The molecule has 0 spiro atoms. The van der Waals surface area contributed by atoms with Gasteiger partial charge < -0.3 is 10.6 Å². The summed E-state index contributed by atoms with van der Waals surface area (Å²) in [6.07, 6.45) is 2.53. The third-order valence-electron chi connectivity index (χ3n) is 4.01. The van der Waals surface area contributed by atoms with Crippen LogP contribution in [0, 0.1) is 13.8 Å². The lowest BCUT2D eigenvalue weighted by atomic mass is 10.0. The molecule has 0 aliphatic carbocycles. The van der Waals surface area contributed by atoms with E-state index in [0.717, 1.165) is 28.8 Å². The Morgan fingerprint density at radius 2 is 2.10 bits per heavy atom. The maximum Gasteiger partial charge on any atom is 0.254 e. The summed E-state index contributed by atoms with van der Waals surface area (Å²) in [6, 6.07) is 5.82. The molecule has 5 nitrogen and oxygen atoms in total. The van der Waals surface area contributed by atoms with E-state index in [2.05, 4.69) is 9.97 Å². The summed E-state index contributed by atoms with van der Waals surface area (Å²) in [5, 5.41) is 0. The van der Waals surface area contributed by atoms with Gasteiger partial charge in [0.15, 0.2) is 0 Å². The van der Waals surface area contributed by atoms with E-state index in [9.17, 15) is 4.79 Å². The number of aromatic nitrogens is 2. The number of nitrogens with zero attached hydrogens (tertiary/aromatic N) is 3. The maximum atomic E-state index is 12.6. The largest absolute Gasteiger partial charge is 0.368 e. The molecule has 1 aromatic heterocycles. The van der Waals surface area contributed by atoms with Gasteiger partial charge in [-0.2, -0.15) is 0 Å². The quantitative estimate of drug-likeness (QED) is 0.866. The summed E-state index contributed by atoms with van der Waals surface area (Å²) in [5.74, 6) is 0.301. The Morgan fingerprint density at radius 1 is 1.29 bits per heavy atom. The average molecular weight is 282 g/mol. The molecule has 0 saturated carbocycles. The highest BCUT2D eigenvalue weighted by Crippen LogP contribution is 2.20. The van der Waals surface area contributed by atoms with E-state index in [-0.39, 0.29) is 11.9 Å². The predicted molar refractivity (Wildman–Crippen MR) is 80.8 cm³/mol. The highest BCUT2D eigenvalue weighted by molar-refractivity contribution is 5.94. The summed E-state index contributed by atoms with van der Waals surface area (Å²) in [5.41, 5.74) is 10.6. The number of hydrogen-bond acceptors (Lipinski definition) is 4. The van der Waals surface area contributed by atoms with E-state index in [1.807, 2.05) is 36.9 Å². The topological polar surface area (TPSA) is 72.1 Å². The number of nitrogens with two attached hydrogens (primary N) is 1. The van der Waals surface area contributed by atoms with Gasteiger partial charge in [0, 0.05) is 18.3 Å². The van der Waals surface area contributed by atoms with Crippen LogP contribution in [0.15, 0.2) is 24.4 Å². The van der Waals surface area contributed by atoms with E-state index < -0.39 is 0 Å². The molecule has 21 heavy (non-hydrogen) atoms. The lowest BCUT2D eigenvalue weighted by Crippen LogP contribution is -2.36. The molecule has 2 N–H and O–H groups in total. The molecule has 1 aliphatic rings. The van der Waals surface area contributed by atoms with Gasteiger partial charge in [0.05, 0.1) is 12.2 Å². The van der Waals surface area contributed by atoms with Crippen molar-refractivity contribution in [1.82, 2.24) is 14.9 Å². The van der Waals surface area contributed by atoms with Crippen molar-refractivity contribution in [2.45, 2.75) is 26.8 Å². The fraction of sp³-hybridized carbons (Fsp3) is 0.312. The zero-order chi connectivity index (χ0) is 15.0. The van der Waals surface area contributed by atoms with Crippen LogP contribution >= 0.6 is 0 Å². The Bertz CT molecular complexity index is 711. The van der Waals surface area contributed by atoms with Crippen molar-refractivity contribution in [3.8, 4) is 0 Å². The SMILES string of the molecule is Cc1ccc(C(=O)N2CCc3cnc(N)nc3C2)cc1C. The van der Waals surface area contributed by atoms with Crippen LogP contribution in [-0.2, 0) is 13.0 Å². The minimum Gasteiger partial charge on any atom is -0.368 e. The first-order valence-electron chi connectivity index (χ1n) is 7.01. The second kappa shape index (κ2) is 5.16. The number of anilines is 1. The van der Waals surface area contributed by atoms with Crippen LogP contribution in [0.4, 0.5) is 5.95 Å². The first-order valence-corrected chi connectivity index (χ1v) is 7.01. The number of carbonyl (C=O) groups is 1. The van der Waals surface area contributed by atoms with Crippen molar-refractivity contribution in [3.63, 3.8) is 0 Å². The Morgan fingerprint density at radius 3 is 2.86 bits per heavy atom. The summed E-state index contributed by atoms with van der Waals surface area (Å²) in [6.45, 7) is 5.24. The average Bonchev–Trinajstić information content (AvgIpc) is 2.48. The smallest absolute Gasteiger partial charge is 0.254 e. The van der Waals surface area contributed by atoms with Crippen molar-refractivity contribution in [3.05, 3.63) is 52.3 Å². The molecule has 2 aromatic rings. The van der Waals surface area contributed by atoms with Crippen LogP contribution in [0.25, 0.3) is 0 Å². The highest BCUT2D eigenvalue weighted by atomic mass is 16.2. The summed E-state index contributed by atoms with van der Waals surface area (Å²) in [4.78, 5) is 22.7. The van der Waals surface area contributed by atoms with Gasteiger partial charge in [-0.1, -0.05) is 6.07 Å². The van der Waals surface area contributed by atoms with Gasteiger partial charge in [0.2, 0.25) is 5.95 Å². The number of hydrogen-bond donors (Lipinski definition) is 1. The molecule has 1 aliphatic heterocycles. The monoisotopic (exact) mass is 282 g/mol. The number of nitrogen functional groups attached to an aromatic ring is 1. The molecule has 1 amide bonds. The minimum absolute atomic E-state index is 0.0425. The van der Waals surface area contributed by atoms with Crippen LogP contribution < -0.4 is 5.73 Å².